The molecule has 0 heterocycles. The molecule has 0 amide bonds. The van der Waals surface area contributed by atoms with Gasteiger partial charge in [0, 0.05) is 19.8 Å². The van der Waals surface area contributed by atoms with Crippen LogP contribution in [0.15, 0.2) is 48.2 Å². The summed E-state index contributed by atoms with van der Waals surface area (Å²) >= 11 is 13.8. The van der Waals surface area contributed by atoms with Crippen LogP contribution in [0.2, 0.25) is 0 Å². The number of carbonyl (C=O) groups excluding carboxylic acids is 1. The summed E-state index contributed by atoms with van der Waals surface area (Å²) in [6.07, 6.45) is 3.24. The van der Waals surface area contributed by atoms with Crippen molar-refractivity contribution in [2.75, 3.05) is 27.8 Å². The second-order valence-corrected chi connectivity index (χ2v) is 8.80. The Bertz CT molecular complexity index is 837. The first-order valence-corrected chi connectivity index (χ1v) is 11.0. The normalized spacial score (nSPS) is 11.1. The molecule has 0 fully saturated rings. The molecule has 2 rings (SSSR count). The Morgan fingerprint density at radius 3 is 1.68 bits per heavy atom. The average Bonchev–Trinajstić information content (AvgIpc) is 2.64. The van der Waals surface area contributed by atoms with Crippen LogP contribution in [-0.4, -0.2) is 33.6 Å². The maximum absolute atomic E-state index is 12.6. The lowest BCUT2D eigenvalue weighted by Gasteiger charge is -2.11. The van der Waals surface area contributed by atoms with Crippen LogP contribution in [0.1, 0.15) is 15.9 Å². The zero-order valence-electron chi connectivity index (χ0n) is 14.9. The Labute approximate surface area is 196 Å². The summed E-state index contributed by atoms with van der Waals surface area (Å²) in [4.78, 5) is 12.6. The Hall–Kier alpha value is -0.710. The molecule has 0 aliphatic carbocycles. The van der Waals surface area contributed by atoms with Crippen molar-refractivity contribution in [3.05, 3.63) is 59.4 Å². The Kier molecular flexibility index (Phi) is 9.65. The van der Waals surface area contributed by atoms with Gasteiger partial charge in [0.15, 0.2) is 30.9 Å². The van der Waals surface area contributed by atoms with Gasteiger partial charge in [-0.1, -0.05) is 6.08 Å². The standard InChI is InChI=1S/C19H16Br4O5/c1-25-9-27-18-13(20)5-11(6-14(18)21)3-4-17(24)12-7-15(22)19(16(23)8-12)28-10-26-2/h3-8H,9-10H2,1-2H3/b4-3+. The van der Waals surface area contributed by atoms with Crippen molar-refractivity contribution in [1.82, 2.24) is 0 Å². The van der Waals surface area contributed by atoms with E-state index in [9.17, 15) is 4.79 Å². The second-order valence-electron chi connectivity index (χ2n) is 5.38. The van der Waals surface area contributed by atoms with Gasteiger partial charge in [-0.2, -0.15) is 0 Å². The number of ether oxygens (including phenoxy) is 4. The van der Waals surface area contributed by atoms with Crippen LogP contribution in [-0.2, 0) is 9.47 Å². The van der Waals surface area contributed by atoms with Crippen LogP contribution in [0.4, 0.5) is 0 Å². The third-order valence-electron chi connectivity index (χ3n) is 3.37. The summed E-state index contributed by atoms with van der Waals surface area (Å²) in [5.74, 6) is 1.05. The lowest BCUT2D eigenvalue weighted by atomic mass is 10.1. The molecular weight excluding hydrogens is 628 g/mol. The number of hydrogen-bond donors (Lipinski definition) is 0. The SMILES string of the molecule is COCOc1c(Br)cc(/C=C/C(=O)c2cc(Br)c(OCOC)c(Br)c2)cc1Br. The summed E-state index contributed by atoms with van der Waals surface area (Å²) in [6.45, 7) is 0.247. The van der Waals surface area contributed by atoms with E-state index in [0.717, 1.165) is 14.5 Å². The Balaban J connectivity index is 2.19. The van der Waals surface area contributed by atoms with Gasteiger partial charge in [0.05, 0.1) is 17.9 Å². The fourth-order valence-corrected chi connectivity index (χ4v) is 5.02. The van der Waals surface area contributed by atoms with Gasteiger partial charge in [-0.15, -0.1) is 0 Å². The second kappa shape index (κ2) is 11.5. The van der Waals surface area contributed by atoms with Crippen molar-refractivity contribution in [2.45, 2.75) is 0 Å². The Morgan fingerprint density at radius 2 is 1.25 bits per heavy atom. The van der Waals surface area contributed by atoms with E-state index in [2.05, 4.69) is 63.7 Å². The molecular formula is C19H16Br4O5. The largest absolute Gasteiger partial charge is 0.465 e. The first-order valence-electron chi connectivity index (χ1n) is 7.81. The topological polar surface area (TPSA) is 54.0 Å². The van der Waals surface area contributed by atoms with Crippen LogP contribution in [0, 0.1) is 0 Å². The number of rotatable bonds is 9. The molecule has 0 aliphatic heterocycles. The maximum Gasteiger partial charge on any atom is 0.188 e. The number of halogens is 4. The quantitative estimate of drug-likeness (QED) is 0.175. The van der Waals surface area contributed by atoms with Crippen molar-refractivity contribution in [3.8, 4) is 11.5 Å². The molecule has 2 aromatic carbocycles. The van der Waals surface area contributed by atoms with Gasteiger partial charge in [-0.05, 0) is 99.6 Å². The van der Waals surface area contributed by atoms with Crippen molar-refractivity contribution < 1.29 is 23.7 Å². The molecule has 0 bridgehead atoms. The molecule has 0 saturated heterocycles. The van der Waals surface area contributed by atoms with E-state index in [1.807, 2.05) is 12.1 Å². The van der Waals surface area contributed by atoms with Gasteiger partial charge in [0.1, 0.15) is 0 Å². The van der Waals surface area contributed by atoms with Gasteiger partial charge < -0.3 is 18.9 Å². The van der Waals surface area contributed by atoms with Crippen LogP contribution in [0.3, 0.4) is 0 Å². The molecule has 0 aromatic heterocycles. The lowest BCUT2D eigenvalue weighted by Crippen LogP contribution is -2.02. The van der Waals surface area contributed by atoms with Gasteiger partial charge in [-0.3, -0.25) is 4.79 Å². The number of benzene rings is 2. The van der Waals surface area contributed by atoms with Crippen LogP contribution >= 0.6 is 63.7 Å². The molecule has 2 aromatic rings. The minimum absolute atomic E-state index is 0.109. The monoisotopic (exact) mass is 640 g/mol. The molecule has 5 nitrogen and oxygen atoms in total. The van der Waals surface area contributed by atoms with Gasteiger partial charge in [0.25, 0.3) is 0 Å². The molecule has 0 atom stereocenters. The van der Waals surface area contributed by atoms with E-state index >= 15 is 0 Å². The summed E-state index contributed by atoms with van der Waals surface area (Å²) in [7, 11) is 3.09. The fourth-order valence-electron chi connectivity index (χ4n) is 2.16. The Morgan fingerprint density at radius 1 is 0.821 bits per heavy atom. The predicted molar refractivity (Wildman–Crippen MR) is 122 cm³/mol. The molecule has 0 spiro atoms. The van der Waals surface area contributed by atoms with E-state index in [-0.39, 0.29) is 19.4 Å². The molecule has 0 aliphatic rings. The first-order chi connectivity index (χ1) is 13.4. The molecule has 0 saturated carbocycles. The summed E-state index contributed by atoms with van der Waals surface area (Å²) in [6, 6.07) is 7.12. The molecule has 0 unspecified atom stereocenters. The van der Waals surface area contributed by atoms with Gasteiger partial charge in [-0.25, -0.2) is 0 Å². The first kappa shape index (κ1) is 23.6. The van der Waals surface area contributed by atoms with Gasteiger partial charge in [0.2, 0.25) is 0 Å². The van der Waals surface area contributed by atoms with Gasteiger partial charge >= 0.3 is 0 Å². The number of ketones is 1. The number of carbonyl (C=O) groups is 1. The highest BCUT2D eigenvalue weighted by molar-refractivity contribution is 9.11. The fraction of sp³-hybridized carbons (Fsp3) is 0.211. The third kappa shape index (κ3) is 6.40. The van der Waals surface area contributed by atoms with Crippen LogP contribution < -0.4 is 9.47 Å². The maximum atomic E-state index is 12.6. The predicted octanol–water partition coefficient (Wildman–Crippen LogP) is 6.60. The summed E-state index contributed by atoms with van der Waals surface area (Å²) < 4.78 is 23.6. The number of hydrogen-bond acceptors (Lipinski definition) is 5. The highest BCUT2D eigenvalue weighted by Crippen LogP contribution is 2.36. The van der Waals surface area contributed by atoms with Crippen LogP contribution in [0.25, 0.3) is 6.08 Å². The van der Waals surface area contributed by atoms with E-state index in [1.165, 1.54) is 13.2 Å². The molecule has 0 N–H and O–H groups in total. The minimum atomic E-state index is -0.147. The van der Waals surface area contributed by atoms with Crippen molar-refractivity contribution >= 4 is 75.6 Å². The minimum Gasteiger partial charge on any atom is -0.465 e. The number of methoxy groups -OCH3 is 2. The highest BCUT2D eigenvalue weighted by atomic mass is 79.9. The summed E-state index contributed by atoms with van der Waals surface area (Å²) in [5, 5.41) is 0. The smallest absolute Gasteiger partial charge is 0.188 e. The summed E-state index contributed by atoms with van der Waals surface area (Å²) in [5.41, 5.74) is 1.34. The molecule has 28 heavy (non-hydrogen) atoms. The highest BCUT2D eigenvalue weighted by Gasteiger charge is 2.13. The van der Waals surface area contributed by atoms with Crippen LogP contribution in [0.5, 0.6) is 11.5 Å². The van der Waals surface area contributed by atoms with E-state index in [4.69, 9.17) is 18.9 Å². The lowest BCUT2D eigenvalue weighted by molar-refractivity contribution is 0.0498. The third-order valence-corrected chi connectivity index (χ3v) is 5.73. The van der Waals surface area contributed by atoms with Crippen molar-refractivity contribution in [1.29, 1.82) is 0 Å². The van der Waals surface area contributed by atoms with E-state index in [0.29, 0.717) is 26.0 Å². The number of allylic oxidation sites excluding steroid dienone is 1. The molecule has 150 valence electrons. The van der Waals surface area contributed by atoms with Crippen molar-refractivity contribution in [2.24, 2.45) is 0 Å². The average molecular weight is 644 g/mol. The molecule has 0 radical (unpaired) electrons. The van der Waals surface area contributed by atoms with E-state index < -0.39 is 0 Å². The van der Waals surface area contributed by atoms with E-state index in [1.54, 1.807) is 25.3 Å². The molecule has 9 heteroatoms. The zero-order chi connectivity index (χ0) is 20.7. The van der Waals surface area contributed by atoms with Crippen molar-refractivity contribution in [3.63, 3.8) is 0 Å². The zero-order valence-corrected chi connectivity index (χ0v) is 21.3.